The number of benzene rings is 3. The molecule has 0 heterocycles. The summed E-state index contributed by atoms with van der Waals surface area (Å²) < 4.78 is 5.31. The third-order valence-electron chi connectivity index (χ3n) is 4.58. The fraction of sp³-hybridized carbons (Fsp3) is 0.167. The predicted molar refractivity (Wildman–Crippen MR) is 114 cm³/mol. The Kier molecular flexibility index (Phi) is 6.29. The molecule has 0 aliphatic carbocycles. The fourth-order valence-electron chi connectivity index (χ4n) is 3.06. The molecular formula is C24H24N2O3. The molecule has 0 atom stereocenters. The van der Waals surface area contributed by atoms with Gasteiger partial charge < -0.3 is 15.0 Å². The molecule has 0 aliphatic rings. The van der Waals surface area contributed by atoms with E-state index < -0.39 is 0 Å². The second kappa shape index (κ2) is 9.06. The first-order valence-corrected chi connectivity index (χ1v) is 9.33. The van der Waals surface area contributed by atoms with Crippen LogP contribution in [0.1, 0.15) is 31.8 Å². The maximum atomic E-state index is 12.8. The molecule has 0 saturated carbocycles. The van der Waals surface area contributed by atoms with E-state index in [1.165, 1.54) is 0 Å². The van der Waals surface area contributed by atoms with E-state index in [-0.39, 0.29) is 11.8 Å². The van der Waals surface area contributed by atoms with Crippen LogP contribution in [0.5, 0.6) is 5.75 Å². The van der Waals surface area contributed by atoms with Crippen molar-refractivity contribution < 1.29 is 14.3 Å². The van der Waals surface area contributed by atoms with Gasteiger partial charge in [-0.15, -0.1) is 0 Å². The van der Waals surface area contributed by atoms with Gasteiger partial charge in [0, 0.05) is 24.7 Å². The van der Waals surface area contributed by atoms with Crippen molar-refractivity contribution in [2.24, 2.45) is 0 Å². The van der Waals surface area contributed by atoms with Crippen molar-refractivity contribution in [2.75, 3.05) is 19.5 Å². The molecule has 1 N–H and O–H groups in total. The minimum atomic E-state index is -0.297. The van der Waals surface area contributed by atoms with E-state index in [9.17, 15) is 9.59 Å². The van der Waals surface area contributed by atoms with Crippen molar-refractivity contribution in [1.82, 2.24) is 4.90 Å². The topological polar surface area (TPSA) is 58.6 Å². The molecule has 0 fully saturated rings. The molecule has 2 amide bonds. The molecule has 148 valence electrons. The Hall–Kier alpha value is -3.60. The fourth-order valence-corrected chi connectivity index (χ4v) is 3.06. The summed E-state index contributed by atoms with van der Waals surface area (Å²) in [4.78, 5) is 27.2. The average molecular weight is 388 g/mol. The molecular weight excluding hydrogens is 364 g/mol. The van der Waals surface area contributed by atoms with Crippen LogP contribution in [-0.2, 0) is 6.54 Å². The Labute approximate surface area is 170 Å². The molecule has 3 aromatic rings. The van der Waals surface area contributed by atoms with E-state index in [2.05, 4.69) is 5.32 Å². The Bertz CT molecular complexity index is 1020. The van der Waals surface area contributed by atoms with Gasteiger partial charge in [-0.2, -0.15) is 0 Å². The van der Waals surface area contributed by atoms with E-state index >= 15 is 0 Å². The molecule has 5 heteroatoms. The van der Waals surface area contributed by atoms with Crippen molar-refractivity contribution in [1.29, 1.82) is 0 Å². The van der Waals surface area contributed by atoms with Gasteiger partial charge in [0.15, 0.2) is 0 Å². The predicted octanol–water partition coefficient (Wildman–Crippen LogP) is 4.53. The number of aryl methyl sites for hydroxylation is 1. The summed E-state index contributed by atoms with van der Waals surface area (Å²) in [5.41, 5.74) is 3.52. The number of anilines is 1. The average Bonchev–Trinajstić information content (AvgIpc) is 2.74. The third kappa shape index (κ3) is 5.02. The molecule has 3 rings (SSSR count). The van der Waals surface area contributed by atoms with Gasteiger partial charge in [-0.1, -0.05) is 42.5 Å². The summed E-state index contributed by atoms with van der Waals surface area (Å²) in [5, 5.41) is 2.86. The first kappa shape index (κ1) is 20.1. The van der Waals surface area contributed by atoms with Gasteiger partial charge in [-0.3, -0.25) is 9.59 Å². The molecule has 0 saturated heterocycles. The molecule has 29 heavy (non-hydrogen) atoms. The van der Waals surface area contributed by atoms with Crippen molar-refractivity contribution >= 4 is 17.5 Å². The number of carbonyl (C=O) groups is 2. The lowest BCUT2D eigenvalue weighted by molar-refractivity contribution is 0.0785. The number of nitrogens with zero attached hydrogens (tertiary/aromatic N) is 1. The summed E-state index contributed by atoms with van der Waals surface area (Å²) in [6, 6.07) is 22.1. The summed E-state index contributed by atoms with van der Waals surface area (Å²) in [6.45, 7) is 2.44. The van der Waals surface area contributed by atoms with E-state index in [1.807, 2.05) is 55.5 Å². The quantitative estimate of drug-likeness (QED) is 0.675. The van der Waals surface area contributed by atoms with Crippen molar-refractivity contribution in [2.45, 2.75) is 13.5 Å². The Morgan fingerprint density at radius 1 is 0.931 bits per heavy atom. The lowest BCUT2D eigenvalue weighted by atomic mass is 10.1. The summed E-state index contributed by atoms with van der Waals surface area (Å²) in [5.74, 6) is 0.143. The number of ether oxygens (including phenoxy) is 1. The van der Waals surface area contributed by atoms with Crippen molar-refractivity contribution in [3.05, 3.63) is 95.1 Å². The number of amides is 2. The zero-order valence-electron chi connectivity index (χ0n) is 16.8. The van der Waals surface area contributed by atoms with E-state index in [1.54, 1.807) is 43.3 Å². The Balaban J connectivity index is 1.76. The van der Waals surface area contributed by atoms with Crippen LogP contribution in [0.4, 0.5) is 5.69 Å². The van der Waals surface area contributed by atoms with Gasteiger partial charge in [-0.25, -0.2) is 0 Å². The lowest BCUT2D eigenvalue weighted by Crippen LogP contribution is -2.26. The monoisotopic (exact) mass is 388 g/mol. The van der Waals surface area contributed by atoms with Crippen molar-refractivity contribution in [3.63, 3.8) is 0 Å². The minimum absolute atomic E-state index is 0.142. The van der Waals surface area contributed by atoms with Crippen LogP contribution in [0.2, 0.25) is 0 Å². The van der Waals surface area contributed by atoms with Gasteiger partial charge in [0.25, 0.3) is 11.8 Å². The third-order valence-corrected chi connectivity index (χ3v) is 4.58. The van der Waals surface area contributed by atoms with E-state index in [4.69, 9.17) is 4.74 Å². The Morgan fingerprint density at radius 3 is 2.38 bits per heavy atom. The molecule has 3 aromatic carbocycles. The smallest absolute Gasteiger partial charge is 0.255 e. The SMILES string of the molecule is COc1ccc(C)cc1NC(=O)c1cccc(C(=O)N(C)Cc2ccccc2)c1. The first-order chi connectivity index (χ1) is 14.0. The number of carbonyl (C=O) groups excluding carboxylic acids is 2. The number of nitrogens with one attached hydrogen (secondary N) is 1. The molecule has 0 aliphatic heterocycles. The van der Waals surface area contributed by atoms with E-state index in [0.29, 0.717) is 29.1 Å². The second-order valence-corrected chi connectivity index (χ2v) is 6.89. The maximum Gasteiger partial charge on any atom is 0.255 e. The van der Waals surface area contributed by atoms with Crippen LogP contribution in [-0.4, -0.2) is 30.9 Å². The summed E-state index contributed by atoms with van der Waals surface area (Å²) in [7, 11) is 3.31. The van der Waals surface area contributed by atoms with Crippen LogP contribution in [0, 0.1) is 6.92 Å². The largest absolute Gasteiger partial charge is 0.495 e. The molecule has 0 radical (unpaired) electrons. The Morgan fingerprint density at radius 2 is 1.66 bits per heavy atom. The van der Waals surface area contributed by atoms with Gasteiger partial charge in [0.1, 0.15) is 5.75 Å². The molecule has 0 bridgehead atoms. The zero-order chi connectivity index (χ0) is 20.8. The van der Waals surface area contributed by atoms with Crippen LogP contribution in [0.25, 0.3) is 0 Å². The van der Waals surface area contributed by atoms with Gasteiger partial charge >= 0.3 is 0 Å². The van der Waals surface area contributed by atoms with E-state index in [0.717, 1.165) is 11.1 Å². The highest BCUT2D eigenvalue weighted by molar-refractivity contribution is 6.06. The van der Waals surface area contributed by atoms with Crippen LogP contribution >= 0.6 is 0 Å². The number of methoxy groups -OCH3 is 1. The maximum absolute atomic E-state index is 12.8. The highest BCUT2D eigenvalue weighted by Crippen LogP contribution is 2.26. The minimum Gasteiger partial charge on any atom is -0.495 e. The summed E-state index contributed by atoms with van der Waals surface area (Å²) in [6.07, 6.45) is 0. The highest BCUT2D eigenvalue weighted by atomic mass is 16.5. The normalized spacial score (nSPS) is 10.3. The van der Waals surface area contributed by atoms with Crippen molar-refractivity contribution in [3.8, 4) is 5.75 Å². The van der Waals surface area contributed by atoms with Crippen LogP contribution in [0.3, 0.4) is 0 Å². The molecule has 0 unspecified atom stereocenters. The molecule has 0 aromatic heterocycles. The van der Waals surface area contributed by atoms with Crippen LogP contribution < -0.4 is 10.1 Å². The number of hydrogen-bond acceptors (Lipinski definition) is 3. The molecule has 5 nitrogen and oxygen atoms in total. The van der Waals surface area contributed by atoms with Crippen LogP contribution in [0.15, 0.2) is 72.8 Å². The zero-order valence-corrected chi connectivity index (χ0v) is 16.8. The van der Waals surface area contributed by atoms with Gasteiger partial charge in [0.05, 0.1) is 12.8 Å². The molecule has 0 spiro atoms. The highest BCUT2D eigenvalue weighted by Gasteiger charge is 2.15. The summed E-state index contributed by atoms with van der Waals surface area (Å²) >= 11 is 0. The standard InChI is InChI=1S/C24H24N2O3/c1-17-12-13-22(29-3)21(14-17)25-23(27)19-10-7-11-20(15-19)24(28)26(2)16-18-8-5-4-6-9-18/h4-15H,16H2,1-3H3,(H,25,27). The number of rotatable bonds is 6. The number of hydrogen-bond donors (Lipinski definition) is 1. The second-order valence-electron chi connectivity index (χ2n) is 6.89. The van der Waals surface area contributed by atoms with Gasteiger partial charge in [-0.05, 0) is 48.4 Å². The van der Waals surface area contributed by atoms with Gasteiger partial charge in [0.2, 0.25) is 0 Å². The lowest BCUT2D eigenvalue weighted by Gasteiger charge is -2.18. The first-order valence-electron chi connectivity index (χ1n) is 9.33.